The lowest BCUT2D eigenvalue weighted by molar-refractivity contribution is -0.0974. The first-order valence-electron chi connectivity index (χ1n) is 10.3. The van der Waals surface area contributed by atoms with E-state index >= 15 is 0 Å². The monoisotopic (exact) mass is 434 g/mol. The van der Waals surface area contributed by atoms with Crippen LogP contribution in [0.3, 0.4) is 0 Å². The van der Waals surface area contributed by atoms with Crippen LogP contribution >= 0.6 is 0 Å². The van der Waals surface area contributed by atoms with Gasteiger partial charge in [0.1, 0.15) is 12.2 Å². The molecular formula is C21H46O5Si2. The zero-order valence-electron chi connectivity index (χ0n) is 20.0. The van der Waals surface area contributed by atoms with E-state index in [-0.39, 0.29) is 16.7 Å². The maximum absolute atomic E-state index is 10.3. The Balaban J connectivity index is 4.89. The molecule has 0 aromatic carbocycles. The summed E-state index contributed by atoms with van der Waals surface area (Å²) in [6.07, 6.45) is 0.268. The zero-order chi connectivity index (χ0) is 22.4. The van der Waals surface area contributed by atoms with Crippen molar-refractivity contribution in [1.82, 2.24) is 0 Å². The van der Waals surface area contributed by atoms with E-state index in [0.29, 0.717) is 13.2 Å². The predicted molar refractivity (Wildman–Crippen MR) is 123 cm³/mol. The van der Waals surface area contributed by atoms with Crippen LogP contribution in [0.5, 0.6) is 0 Å². The fourth-order valence-electron chi connectivity index (χ4n) is 2.12. The average molecular weight is 435 g/mol. The summed E-state index contributed by atoms with van der Waals surface area (Å²) in [6.45, 7) is 26.5. The van der Waals surface area contributed by atoms with Crippen LogP contribution < -0.4 is 0 Å². The molecule has 7 heteroatoms. The molecule has 2 N–H and O–H groups in total. The van der Waals surface area contributed by atoms with Gasteiger partial charge in [-0.25, -0.2) is 0 Å². The summed E-state index contributed by atoms with van der Waals surface area (Å²) in [6, 6.07) is 0. The van der Waals surface area contributed by atoms with Crippen LogP contribution in [0.4, 0.5) is 0 Å². The van der Waals surface area contributed by atoms with E-state index in [1.807, 2.05) is 0 Å². The Morgan fingerprint density at radius 3 is 1.82 bits per heavy atom. The van der Waals surface area contributed by atoms with E-state index in [1.54, 1.807) is 6.08 Å². The molecule has 0 radical (unpaired) electrons. The van der Waals surface area contributed by atoms with Crippen molar-refractivity contribution in [2.75, 3.05) is 19.8 Å². The molecule has 0 heterocycles. The lowest BCUT2D eigenvalue weighted by Gasteiger charge is -2.41. The van der Waals surface area contributed by atoms with Gasteiger partial charge in [-0.05, 0) is 42.7 Å². The van der Waals surface area contributed by atoms with Gasteiger partial charge in [-0.15, -0.1) is 6.58 Å². The van der Waals surface area contributed by atoms with Crippen molar-refractivity contribution < 1.29 is 23.8 Å². The second-order valence-corrected chi connectivity index (χ2v) is 20.2. The lowest BCUT2D eigenvalue weighted by atomic mass is 10.1. The third-order valence-electron chi connectivity index (χ3n) is 6.23. The molecule has 0 spiro atoms. The van der Waals surface area contributed by atoms with E-state index in [2.05, 4.69) is 74.3 Å². The highest BCUT2D eigenvalue weighted by Gasteiger charge is 2.41. The van der Waals surface area contributed by atoms with Crippen molar-refractivity contribution in [3.05, 3.63) is 12.7 Å². The summed E-state index contributed by atoms with van der Waals surface area (Å²) >= 11 is 0. The molecule has 5 nitrogen and oxygen atoms in total. The summed E-state index contributed by atoms with van der Waals surface area (Å²) in [5.41, 5.74) is 0. The SMILES string of the molecule is C=C[C@@H](O[Si](C)(C)C(C)(C)C)[C@@H](OCCCO[Si](C)(C)C(C)(C)C)[C@H](O)CO. The third kappa shape index (κ3) is 8.38. The van der Waals surface area contributed by atoms with E-state index in [9.17, 15) is 10.2 Å². The minimum Gasteiger partial charge on any atom is -0.417 e. The van der Waals surface area contributed by atoms with Gasteiger partial charge in [0.05, 0.1) is 12.7 Å². The van der Waals surface area contributed by atoms with Crippen molar-refractivity contribution in [3.8, 4) is 0 Å². The molecule has 0 aromatic rings. The number of aliphatic hydroxyl groups excluding tert-OH is 2. The molecule has 0 aliphatic rings. The average Bonchev–Trinajstić information content (AvgIpc) is 2.53. The van der Waals surface area contributed by atoms with Crippen molar-refractivity contribution >= 4 is 16.6 Å². The second-order valence-electron chi connectivity index (χ2n) is 10.6. The Bertz CT molecular complexity index is 466. The Kier molecular flexibility index (Phi) is 10.8. The predicted octanol–water partition coefficient (Wildman–Crippen LogP) is 4.71. The van der Waals surface area contributed by atoms with Crippen LogP contribution in [0.2, 0.25) is 36.3 Å². The molecule has 0 unspecified atom stereocenters. The molecule has 0 saturated carbocycles. The molecule has 0 bridgehead atoms. The van der Waals surface area contributed by atoms with Crippen LogP contribution in [-0.4, -0.2) is 65.0 Å². The molecule has 0 amide bonds. The molecule has 0 aliphatic carbocycles. The normalized spacial score (nSPS) is 17.3. The first-order chi connectivity index (χ1) is 12.5. The summed E-state index contributed by atoms with van der Waals surface area (Å²) in [5, 5.41) is 20.0. The summed E-state index contributed by atoms with van der Waals surface area (Å²) < 4.78 is 18.5. The zero-order valence-corrected chi connectivity index (χ0v) is 22.0. The Hall–Kier alpha value is -0.0262. The minimum atomic E-state index is -2.07. The largest absolute Gasteiger partial charge is 0.417 e. The molecule has 0 aromatic heterocycles. The molecule has 0 fully saturated rings. The molecule has 3 atom stereocenters. The van der Waals surface area contributed by atoms with Gasteiger partial charge in [-0.3, -0.25) is 0 Å². The van der Waals surface area contributed by atoms with Gasteiger partial charge < -0.3 is 23.8 Å². The molecule has 0 rings (SSSR count). The van der Waals surface area contributed by atoms with Gasteiger partial charge in [0, 0.05) is 13.2 Å². The fourth-order valence-corrected chi connectivity index (χ4v) is 4.47. The van der Waals surface area contributed by atoms with E-state index < -0.39 is 34.9 Å². The van der Waals surface area contributed by atoms with Gasteiger partial charge in [0.25, 0.3) is 0 Å². The number of hydrogen-bond acceptors (Lipinski definition) is 5. The lowest BCUT2D eigenvalue weighted by Crippen LogP contribution is -2.50. The van der Waals surface area contributed by atoms with Gasteiger partial charge >= 0.3 is 0 Å². The topological polar surface area (TPSA) is 68.2 Å². The molecular weight excluding hydrogens is 388 g/mol. The van der Waals surface area contributed by atoms with Crippen molar-refractivity contribution in [2.24, 2.45) is 0 Å². The van der Waals surface area contributed by atoms with Crippen molar-refractivity contribution in [3.63, 3.8) is 0 Å². The Morgan fingerprint density at radius 1 is 0.929 bits per heavy atom. The highest BCUT2D eigenvalue weighted by atomic mass is 28.4. The standard InChI is InChI=1S/C21H46O5Si2/c1-12-18(26-28(10,11)21(5,6)7)19(17(23)16-22)24-14-13-15-25-27(8,9)20(2,3)4/h12,17-19,22-23H,1,13-16H2,2-11H3/t17-,18-,19+/m1/s1. The van der Waals surface area contributed by atoms with Gasteiger partial charge in [0.15, 0.2) is 16.6 Å². The number of rotatable bonds is 12. The maximum Gasteiger partial charge on any atom is 0.193 e. The van der Waals surface area contributed by atoms with Crippen molar-refractivity contribution in [2.45, 2.75) is 103 Å². The van der Waals surface area contributed by atoms with Crippen LogP contribution in [-0.2, 0) is 13.6 Å². The van der Waals surface area contributed by atoms with Crippen LogP contribution in [0.1, 0.15) is 48.0 Å². The highest BCUT2D eigenvalue weighted by molar-refractivity contribution is 6.74. The molecule has 0 saturated heterocycles. The minimum absolute atomic E-state index is 0.0278. The summed E-state index contributed by atoms with van der Waals surface area (Å²) in [4.78, 5) is 0. The second kappa shape index (κ2) is 10.8. The smallest absolute Gasteiger partial charge is 0.193 e. The van der Waals surface area contributed by atoms with E-state index in [0.717, 1.165) is 6.42 Å². The van der Waals surface area contributed by atoms with Crippen LogP contribution in [0.25, 0.3) is 0 Å². The van der Waals surface area contributed by atoms with Crippen LogP contribution in [0.15, 0.2) is 12.7 Å². The van der Waals surface area contributed by atoms with Crippen LogP contribution in [0, 0.1) is 0 Å². The first-order valence-corrected chi connectivity index (χ1v) is 16.2. The number of ether oxygens (including phenoxy) is 1. The highest BCUT2D eigenvalue weighted by Crippen LogP contribution is 2.38. The number of aliphatic hydroxyl groups is 2. The Morgan fingerprint density at radius 2 is 1.43 bits per heavy atom. The molecule has 28 heavy (non-hydrogen) atoms. The quantitative estimate of drug-likeness (QED) is 0.264. The van der Waals surface area contributed by atoms with E-state index in [1.165, 1.54) is 0 Å². The number of hydrogen-bond donors (Lipinski definition) is 2. The van der Waals surface area contributed by atoms with Crippen molar-refractivity contribution in [1.29, 1.82) is 0 Å². The maximum atomic E-state index is 10.3. The van der Waals surface area contributed by atoms with Gasteiger partial charge in [-0.2, -0.15) is 0 Å². The van der Waals surface area contributed by atoms with Gasteiger partial charge in [0.2, 0.25) is 0 Å². The first kappa shape index (κ1) is 28.0. The fraction of sp³-hybridized carbons (Fsp3) is 0.905. The third-order valence-corrected chi connectivity index (χ3v) is 15.2. The van der Waals surface area contributed by atoms with E-state index in [4.69, 9.17) is 13.6 Å². The summed E-state index contributed by atoms with van der Waals surface area (Å²) in [7, 11) is -3.85. The van der Waals surface area contributed by atoms with Gasteiger partial charge in [-0.1, -0.05) is 47.6 Å². The Labute approximate surface area is 175 Å². The summed E-state index contributed by atoms with van der Waals surface area (Å²) in [5.74, 6) is 0. The molecule has 0 aliphatic heterocycles. The molecule has 168 valence electrons.